The van der Waals surface area contributed by atoms with Crippen molar-refractivity contribution < 1.29 is 9.18 Å². The molecule has 6 heteroatoms. The number of halogens is 1. The van der Waals surface area contributed by atoms with Crippen molar-refractivity contribution in [3.05, 3.63) is 87.1 Å². The maximum atomic E-state index is 13.3. The highest BCUT2D eigenvalue weighted by molar-refractivity contribution is 7.09. The third-order valence-electron chi connectivity index (χ3n) is 5.93. The van der Waals surface area contributed by atoms with Crippen molar-refractivity contribution in [1.29, 1.82) is 0 Å². The van der Waals surface area contributed by atoms with Crippen molar-refractivity contribution in [3.63, 3.8) is 0 Å². The molecule has 1 amide bonds. The van der Waals surface area contributed by atoms with Crippen LogP contribution in [0.25, 0.3) is 0 Å². The zero-order valence-corrected chi connectivity index (χ0v) is 19.3. The van der Waals surface area contributed by atoms with Crippen LogP contribution in [0.1, 0.15) is 64.3 Å². The minimum absolute atomic E-state index is 0.0666. The van der Waals surface area contributed by atoms with Crippen LogP contribution in [0.4, 0.5) is 4.39 Å². The maximum Gasteiger partial charge on any atom is 0.270 e. The molecular formula is C26H30FN3OS. The summed E-state index contributed by atoms with van der Waals surface area (Å²) in [7, 11) is 0. The Kier molecular flexibility index (Phi) is 7.66. The molecule has 1 N–H and O–H groups in total. The van der Waals surface area contributed by atoms with Gasteiger partial charge in [0, 0.05) is 24.5 Å². The molecule has 1 aliphatic carbocycles. The number of benzene rings is 2. The SMILES string of the molecule is Cc1ccc(CN(Cc2ccc(F)cc2)Cc2nc(C(=O)NC3CCCCC3)cs2)cc1. The number of carbonyl (C=O) groups is 1. The van der Waals surface area contributed by atoms with Crippen molar-refractivity contribution in [2.24, 2.45) is 0 Å². The second-order valence-electron chi connectivity index (χ2n) is 8.69. The van der Waals surface area contributed by atoms with Gasteiger partial charge in [-0.3, -0.25) is 9.69 Å². The number of rotatable bonds is 8. The van der Waals surface area contributed by atoms with E-state index in [-0.39, 0.29) is 17.8 Å². The average molecular weight is 452 g/mol. The first-order valence-corrected chi connectivity index (χ1v) is 12.2. The van der Waals surface area contributed by atoms with Crippen LogP contribution in [0.15, 0.2) is 53.9 Å². The quantitative estimate of drug-likeness (QED) is 0.467. The van der Waals surface area contributed by atoms with E-state index in [1.54, 1.807) is 0 Å². The molecule has 2 aromatic carbocycles. The largest absolute Gasteiger partial charge is 0.348 e. The van der Waals surface area contributed by atoms with Gasteiger partial charge in [0.15, 0.2) is 0 Å². The van der Waals surface area contributed by atoms with Crippen LogP contribution in [-0.4, -0.2) is 21.8 Å². The second kappa shape index (κ2) is 10.8. The lowest BCUT2D eigenvalue weighted by Gasteiger charge is -2.22. The summed E-state index contributed by atoms with van der Waals surface area (Å²) in [6.45, 7) is 4.14. The number of hydrogen-bond acceptors (Lipinski definition) is 4. The van der Waals surface area contributed by atoms with Gasteiger partial charge in [0.2, 0.25) is 0 Å². The van der Waals surface area contributed by atoms with Gasteiger partial charge in [0.05, 0.1) is 6.54 Å². The fraction of sp³-hybridized carbons (Fsp3) is 0.385. The summed E-state index contributed by atoms with van der Waals surface area (Å²) in [5.74, 6) is -0.296. The molecule has 0 radical (unpaired) electrons. The lowest BCUT2D eigenvalue weighted by Crippen LogP contribution is -2.36. The topological polar surface area (TPSA) is 45.2 Å². The lowest BCUT2D eigenvalue weighted by atomic mass is 9.95. The van der Waals surface area contributed by atoms with Crippen LogP contribution in [0.3, 0.4) is 0 Å². The van der Waals surface area contributed by atoms with Crippen LogP contribution >= 0.6 is 11.3 Å². The molecule has 0 aliphatic heterocycles. The number of nitrogens with zero attached hydrogens (tertiary/aromatic N) is 2. The van der Waals surface area contributed by atoms with Gasteiger partial charge in [-0.1, -0.05) is 61.2 Å². The Hall–Kier alpha value is -2.57. The number of hydrogen-bond donors (Lipinski definition) is 1. The minimum atomic E-state index is -0.229. The van der Waals surface area contributed by atoms with Gasteiger partial charge < -0.3 is 5.32 Å². The highest BCUT2D eigenvalue weighted by Gasteiger charge is 2.19. The van der Waals surface area contributed by atoms with Gasteiger partial charge in [-0.15, -0.1) is 11.3 Å². The maximum absolute atomic E-state index is 13.3. The van der Waals surface area contributed by atoms with Crippen LogP contribution in [0, 0.1) is 12.7 Å². The molecule has 0 saturated heterocycles. The molecule has 1 saturated carbocycles. The Balaban J connectivity index is 1.44. The zero-order valence-electron chi connectivity index (χ0n) is 18.5. The molecule has 0 bridgehead atoms. The Morgan fingerprint density at radius 1 is 1.00 bits per heavy atom. The molecule has 1 aromatic heterocycles. The molecule has 0 spiro atoms. The van der Waals surface area contributed by atoms with Crippen molar-refractivity contribution in [3.8, 4) is 0 Å². The molecule has 1 heterocycles. The van der Waals surface area contributed by atoms with E-state index in [0.29, 0.717) is 18.8 Å². The Morgan fingerprint density at radius 3 is 2.28 bits per heavy atom. The molecule has 168 valence electrons. The summed E-state index contributed by atoms with van der Waals surface area (Å²) in [4.78, 5) is 19.6. The minimum Gasteiger partial charge on any atom is -0.348 e. The number of aromatic nitrogens is 1. The third-order valence-corrected chi connectivity index (χ3v) is 6.76. The van der Waals surface area contributed by atoms with Crippen molar-refractivity contribution >= 4 is 17.2 Å². The standard InChI is InChI=1S/C26H30FN3OS/c1-19-7-9-20(10-8-19)15-30(16-21-11-13-22(27)14-12-21)17-25-29-24(18-32-25)26(31)28-23-5-3-2-4-6-23/h7-14,18,23H,2-6,15-17H2,1H3,(H,28,31). The van der Waals surface area contributed by atoms with E-state index in [1.807, 2.05) is 17.5 Å². The predicted octanol–water partition coefficient (Wildman–Crippen LogP) is 5.86. The first-order chi connectivity index (χ1) is 15.5. The van der Waals surface area contributed by atoms with Crippen molar-refractivity contribution in [2.45, 2.75) is 64.7 Å². The highest BCUT2D eigenvalue weighted by atomic mass is 32.1. The van der Waals surface area contributed by atoms with Gasteiger partial charge in [-0.25, -0.2) is 9.37 Å². The van der Waals surface area contributed by atoms with E-state index in [9.17, 15) is 9.18 Å². The number of carbonyl (C=O) groups excluding carboxylic acids is 1. The summed E-state index contributed by atoms with van der Waals surface area (Å²) >= 11 is 1.52. The fourth-order valence-electron chi connectivity index (χ4n) is 4.15. The number of amides is 1. The van der Waals surface area contributed by atoms with Gasteiger partial charge >= 0.3 is 0 Å². The molecule has 1 fully saturated rings. The smallest absolute Gasteiger partial charge is 0.270 e. The predicted molar refractivity (Wildman–Crippen MR) is 127 cm³/mol. The van der Waals surface area contributed by atoms with E-state index in [2.05, 4.69) is 46.4 Å². The van der Waals surface area contributed by atoms with E-state index in [4.69, 9.17) is 0 Å². The fourth-order valence-corrected chi connectivity index (χ4v) is 4.97. The molecule has 0 unspecified atom stereocenters. The highest BCUT2D eigenvalue weighted by Crippen LogP contribution is 2.20. The van der Waals surface area contributed by atoms with Crippen molar-refractivity contribution in [1.82, 2.24) is 15.2 Å². The molecular weight excluding hydrogens is 421 g/mol. The number of thiazole rings is 1. The van der Waals surface area contributed by atoms with Gasteiger partial charge in [0.1, 0.15) is 16.5 Å². The first-order valence-electron chi connectivity index (χ1n) is 11.3. The lowest BCUT2D eigenvalue weighted by molar-refractivity contribution is 0.0923. The average Bonchev–Trinajstić information content (AvgIpc) is 3.26. The summed E-state index contributed by atoms with van der Waals surface area (Å²) < 4.78 is 13.3. The van der Waals surface area contributed by atoms with Gasteiger partial charge in [0.25, 0.3) is 5.91 Å². The van der Waals surface area contributed by atoms with Crippen LogP contribution in [0.5, 0.6) is 0 Å². The Morgan fingerprint density at radius 2 is 1.62 bits per heavy atom. The zero-order chi connectivity index (χ0) is 22.3. The molecule has 4 rings (SSSR count). The number of nitrogens with one attached hydrogen (secondary N) is 1. The van der Waals surface area contributed by atoms with E-state index < -0.39 is 0 Å². The summed E-state index contributed by atoms with van der Waals surface area (Å²) in [5, 5.41) is 5.91. The van der Waals surface area contributed by atoms with Crippen LogP contribution < -0.4 is 5.32 Å². The molecule has 1 aliphatic rings. The van der Waals surface area contributed by atoms with Crippen molar-refractivity contribution in [2.75, 3.05) is 0 Å². The summed E-state index contributed by atoms with van der Waals surface area (Å²) in [6, 6.07) is 15.4. The number of aryl methyl sites for hydroxylation is 1. The van der Waals surface area contributed by atoms with E-state index >= 15 is 0 Å². The van der Waals surface area contributed by atoms with Crippen LogP contribution in [0.2, 0.25) is 0 Å². The third kappa shape index (κ3) is 6.47. The Labute approximate surface area is 193 Å². The summed E-state index contributed by atoms with van der Waals surface area (Å²) in [6.07, 6.45) is 5.75. The second-order valence-corrected chi connectivity index (χ2v) is 9.63. The first kappa shape index (κ1) is 22.6. The molecule has 0 atom stereocenters. The normalized spacial score (nSPS) is 14.6. The molecule has 32 heavy (non-hydrogen) atoms. The monoisotopic (exact) mass is 451 g/mol. The van der Waals surface area contributed by atoms with Gasteiger partial charge in [-0.05, 0) is 43.0 Å². The molecule has 3 aromatic rings. The van der Waals surface area contributed by atoms with Gasteiger partial charge in [-0.2, -0.15) is 0 Å². The van der Waals surface area contributed by atoms with Crippen LogP contribution in [-0.2, 0) is 19.6 Å². The Bertz CT molecular complexity index is 963. The summed E-state index contributed by atoms with van der Waals surface area (Å²) in [5.41, 5.74) is 4.00. The van der Waals surface area contributed by atoms with E-state index in [0.717, 1.165) is 30.0 Å². The molecule has 4 nitrogen and oxygen atoms in total. The van der Waals surface area contributed by atoms with E-state index in [1.165, 1.54) is 53.9 Å².